The summed E-state index contributed by atoms with van der Waals surface area (Å²) in [6.07, 6.45) is 16.5. The summed E-state index contributed by atoms with van der Waals surface area (Å²) in [5.41, 5.74) is 17.7. The Kier molecular flexibility index (Phi) is 35.6. The van der Waals surface area contributed by atoms with Gasteiger partial charge in [-0.05, 0) is 249 Å². The molecule has 123 heavy (non-hydrogen) atoms. The molecule has 0 unspecified atom stereocenters. The molecule has 5 aromatic heterocycles. The quantitative estimate of drug-likeness (QED) is 0.0226. The Bertz CT molecular complexity index is 5850. The number of nitrogens with one attached hydrogen (secondary N) is 3. The number of carbonyl (C=O) groups excluding carboxylic acids is 1. The Balaban J connectivity index is 0.000000188. The number of hydrogen-bond donors (Lipinski definition) is 5. The van der Waals surface area contributed by atoms with Gasteiger partial charge in [-0.1, -0.05) is 97.6 Å². The summed E-state index contributed by atoms with van der Waals surface area (Å²) in [5.74, 6) is -1.75. The van der Waals surface area contributed by atoms with E-state index in [9.17, 15) is 58.4 Å². The first-order chi connectivity index (χ1) is 57.7. The summed E-state index contributed by atoms with van der Waals surface area (Å²) in [6, 6.07) is 42.6. The van der Waals surface area contributed by atoms with Crippen LogP contribution in [0.4, 0.5) is 5.82 Å². The summed E-state index contributed by atoms with van der Waals surface area (Å²) in [4.78, 5) is 48.9. The maximum absolute atomic E-state index is 13.1. The zero-order chi connectivity index (χ0) is 87.5. The Morgan fingerprint density at radius 2 is 0.878 bits per heavy atom. The number of sulfonamides is 4. The van der Waals surface area contributed by atoms with Crippen molar-refractivity contribution >= 4 is 76.1 Å². The smallest absolute Gasteiger partial charge is 0.344 e. The standard InChI is InChI=1S/2C20H23N3O4S.2C17H22N2O2S.C11H13NOS.C6H9N.2H2O/c1-14-17(15(2)23(13-19(24)25)20(14)21-3)12-16-8-4-5-9-18(16)28(26,27)22-10-6-7-11-22;1-14-17(12-21)15(2)23(13-20(24)25)18(14)11-16-7-3-4-8-19(16)28(26,27)22-9-5-6-10-22;1-13-12-18-14(2)16(13)11-15-7-3-4-8-17(15)22(20,21)19-9-5-6-10-19;1-13-11-14(2)18-16(13)12-15-7-3-4-8-17(15)22(20,21)19-9-5-6-10-19;13-9-10-5-1-2-6-11(10)14-12-7-3-4-8-12;1-5-3-6(2)7-4-5;;/h4-5,8-9H,6-7,10-13H2,1-2H3,(H,24,25);3-4,7-8H,5-6,9-11,13H2,1-2H3,(H,24,25);3-4,7-8,12,18H,5-6,9-11H2,1-2H3;3-4,7-8,11,18H,5-6,9-10,12H2,1-2H3;1-2,5-6,9H,3-4,7-8H2;3-4,7H,1-2H3;2*1H2. The van der Waals surface area contributed by atoms with Crippen LogP contribution in [0.3, 0.4) is 0 Å². The minimum atomic E-state index is -3.60. The van der Waals surface area contributed by atoms with Crippen molar-refractivity contribution in [2.75, 3.05) is 65.4 Å². The molecule has 0 aliphatic carbocycles. The third-order valence-corrected chi connectivity index (χ3v) is 31.9. The fraction of sp³-hybridized carbons (Fsp3) is 0.396. The van der Waals surface area contributed by atoms with Gasteiger partial charge in [0.15, 0.2) is 12.8 Å². The number of rotatable bonds is 23. The van der Waals surface area contributed by atoms with Crippen LogP contribution in [0.2, 0.25) is 0 Å². The summed E-state index contributed by atoms with van der Waals surface area (Å²) in [5, 5.41) is 27.9. The monoisotopic (exact) mass is 1780 g/mol. The molecule has 5 aliphatic heterocycles. The highest BCUT2D eigenvalue weighted by Gasteiger charge is 2.35. The van der Waals surface area contributed by atoms with Gasteiger partial charge < -0.3 is 45.5 Å². The van der Waals surface area contributed by atoms with E-state index in [2.05, 4.69) is 63.1 Å². The van der Waals surface area contributed by atoms with Crippen molar-refractivity contribution in [3.63, 3.8) is 0 Å². The first-order valence-electron chi connectivity index (χ1n) is 41.0. The van der Waals surface area contributed by atoms with Crippen molar-refractivity contribution in [3.05, 3.63) is 269 Å². The van der Waals surface area contributed by atoms with Gasteiger partial charge in [0.05, 0.1) is 30.8 Å². The maximum Gasteiger partial charge on any atom is 0.344 e. The number of benzene rings is 5. The van der Waals surface area contributed by atoms with Crippen LogP contribution in [0.5, 0.6) is 0 Å². The molecule has 9 N–H and O–H groups in total. The lowest BCUT2D eigenvalue weighted by Crippen LogP contribution is -2.28. The minimum Gasteiger partial charge on any atom is -0.480 e. The average molecular weight is 1780 g/mol. The highest BCUT2D eigenvalue weighted by molar-refractivity contribution is 7.97. The summed E-state index contributed by atoms with van der Waals surface area (Å²) < 4.78 is 115. The molecule has 5 aliphatic rings. The fourth-order valence-corrected chi connectivity index (χ4v) is 24.2. The summed E-state index contributed by atoms with van der Waals surface area (Å²) >= 11 is 1.70. The largest absolute Gasteiger partial charge is 0.480 e. The van der Waals surface area contributed by atoms with Gasteiger partial charge in [0.25, 0.3) is 0 Å². The van der Waals surface area contributed by atoms with Crippen molar-refractivity contribution in [3.8, 4) is 6.07 Å². The van der Waals surface area contributed by atoms with E-state index in [-0.39, 0.29) is 46.1 Å². The number of hydrogen-bond acceptors (Lipinski definition) is 14. The molecule has 5 aromatic carbocycles. The molecule has 0 saturated carbocycles. The predicted molar refractivity (Wildman–Crippen MR) is 480 cm³/mol. The van der Waals surface area contributed by atoms with E-state index < -0.39 is 52.0 Å². The van der Waals surface area contributed by atoms with Gasteiger partial charge >= 0.3 is 11.9 Å². The Labute approximate surface area is 729 Å². The van der Waals surface area contributed by atoms with Crippen molar-refractivity contribution in [2.45, 2.75) is 197 Å². The molecule has 27 nitrogen and oxygen atoms in total. The topological polar surface area (TPSA) is 393 Å². The second kappa shape index (κ2) is 44.5. The van der Waals surface area contributed by atoms with Gasteiger partial charge in [0, 0.05) is 148 Å². The molecule has 660 valence electrons. The molecule has 10 aromatic rings. The molecule has 0 amide bonds. The first kappa shape index (κ1) is 98.4. The van der Waals surface area contributed by atoms with Crippen molar-refractivity contribution in [2.24, 2.45) is 0 Å². The zero-order valence-electron chi connectivity index (χ0n) is 71.8. The fourth-order valence-electron chi connectivity index (χ4n) is 16.1. The lowest BCUT2D eigenvalue weighted by molar-refractivity contribution is -0.138. The lowest BCUT2D eigenvalue weighted by Gasteiger charge is -2.19. The van der Waals surface area contributed by atoms with Gasteiger partial charge in [-0.25, -0.2) is 42.8 Å². The lowest BCUT2D eigenvalue weighted by atomic mass is 10.0. The number of aromatic nitrogens is 5. The Morgan fingerprint density at radius 3 is 1.24 bits per heavy atom. The molecule has 0 radical (unpaired) electrons. The van der Waals surface area contributed by atoms with Crippen LogP contribution in [-0.4, -0.2) is 184 Å². The van der Waals surface area contributed by atoms with Gasteiger partial charge in [0.1, 0.15) is 12.6 Å². The molecule has 15 rings (SSSR count). The van der Waals surface area contributed by atoms with E-state index in [0.29, 0.717) is 126 Å². The highest BCUT2D eigenvalue weighted by atomic mass is 32.2. The summed E-state index contributed by atoms with van der Waals surface area (Å²) in [7, 11) is -13.9. The molecule has 5 fully saturated rings. The average Bonchev–Trinajstić information content (AvgIpc) is 1.68. The number of aryl methyl sites for hydroxylation is 6. The molecule has 0 spiro atoms. The number of nitrogens with zero attached hydrogens (tertiary/aromatic N) is 9. The highest BCUT2D eigenvalue weighted by Crippen LogP contribution is 2.36. The number of carboxylic acids is 2. The number of aromatic amines is 3. The van der Waals surface area contributed by atoms with E-state index in [4.69, 9.17) is 11.7 Å². The number of carboxylic acid groups (broad SMARTS) is 2. The van der Waals surface area contributed by atoms with Crippen molar-refractivity contribution in [1.29, 1.82) is 5.26 Å². The molecular formula is C91H116N12O15S5. The van der Waals surface area contributed by atoms with Gasteiger partial charge in [-0.15, -0.1) is 0 Å². The molecule has 10 heterocycles. The maximum atomic E-state index is 13.1. The minimum absolute atomic E-state index is 0. The van der Waals surface area contributed by atoms with E-state index in [1.807, 2.05) is 87.8 Å². The zero-order valence-corrected chi connectivity index (χ0v) is 75.9. The molecular weight excluding hydrogens is 1660 g/mol. The van der Waals surface area contributed by atoms with E-state index in [0.717, 1.165) is 115 Å². The number of H-pyrrole nitrogens is 3. The van der Waals surface area contributed by atoms with Crippen LogP contribution in [0.15, 0.2) is 170 Å². The van der Waals surface area contributed by atoms with E-state index in [1.165, 1.54) is 54.0 Å². The van der Waals surface area contributed by atoms with Crippen LogP contribution >= 0.6 is 11.9 Å². The van der Waals surface area contributed by atoms with Crippen LogP contribution < -0.4 is 0 Å². The Hall–Kier alpha value is -10.0. The van der Waals surface area contributed by atoms with Gasteiger partial charge in [-0.2, -0.15) is 22.5 Å². The third kappa shape index (κ3) is 24.3. The Morgan fingerprint density at radius 1 is 0.480 bits per heavy atom. The first-order valence-corrected chi connectivity index (χ1v) is 47.5. The second-order valence-corrected chi connectivity index (χ2v) is 40.0. The predicted octanol–water partition coefficient (Wildman–Crippen LogP) is 14.1. The van der Waals surface area contributed by atoms with Gasteiger partial charge in [0.2, 0.25) is 45.9 Å². The van der Waals surface area contributed by atoms with Crippen LogP contribution in [0, 0.1) is 87.1 Å². The van der Waals surface area contributed by atoms with Crippen molar-refractivity contribution < 1.29 is 69.2 Å². The molecule has 32 heteroatoms. The van der Waals surface area contributed by atoms with E-state index >= 15 is 0 Å². The SMILES string of the molecule is Cc1c(C#N)c(C)n(CC(=O)O)c1Cc1ccccc1S(=O)(=O)N1CCCC1.Cc1c[nH]c(C)c1.Cc1c[nH]c(C)c1Cc1ccccc1S(=O)(=O)N1CCCC1.Cc1cc(C)c(Cc2ccccc2S(=O)(=O)N2CCCC2)[nH]1.O.O.O=Cc1ccccc1SN1CCCC1.[C-]#[N+]c1c(C)c(Cc2ccccc2S(=O)(=O)N2CCCC2)c(C)n1CC(=O)O. The number of nitriles is 1. The summed E-state index contributed by atoms with van der Waals surface area (Å²) in [6.45, 7) is 33.1. The van der Waals surface area contributed by atoms with Crippen molar-refractivity contribution in [1.82, 2.24) is 45.6 Å². The van der Waals surface area contributed by atoms with Crippen LogP contribution in [0.25, 0.3) is 4.85 Å². The molecule has 5 saturated heterocycles. The number of aldehydes is 1. The second-order valence-electron chi connectivity index (χ2n) is 31.2. The molecule has 0 bridgehead atoms. The third-order valence-electron chi connectivity index (χ3n) is 22.7. The molecule has 0 atom stereocenters. The normalized spacial score (nSPS) is 15.1. The number of carbonyl (C=O) groups is 3. The number of aliphatic carboxylic acids is 2. The van der Waals surface area contributed by atoms with Crippen LogP contribution in [0.1, 0.15) is 181 Å². The van der Waals surface area contributed by atoms with Crippen LogP contribution in [-0.2, 0) is 88.5 Å². The van der Waals surface area contributed by atoms with E-state index in [1.54, 1.807) is 120 Å². The van der Waals surface area contributed by atoms with Gasteiger partial charge in [-0.3, -0.25) is 14.2 Å².